The molecule has 0 radical (unpaired) electrons. The molecule has 2 N–H and O–H groups in total. The fourth-order valence-electron chi connectivity index (χ4n) is 3.73. The first-order valence-corrected chi connectivity index (χ1v) is 11.2. The fraction of sp³-hybridized carbons (Fsp3) is 0.400. The van der Waals surface area contributed by atoms with Gasteiger partial charge in [0.05, 0.1) is 30.3 Å². The van der Waals surface area contributed by atoms with Crippen molar-refractivity contribution in [3.63, 3.8) is 0 Å². The number of hydrogen-bond acceptors (Lipinski definition) is 6. The van der Waals surface area contributed by atoms with Crippen LogP contribution in [0.3, 0.4) is 0 Å². The summed E-state index contributed by atoms with van der Waals surface area (Å²) in [5, 5.41) is 15.2. The number of rotatable bonds is 10. The highest BCUT2D eigenvalue weighted by Gasteiger charge is 2.28. The van der Waals surface area contributed by atoms with Crippen LogP contribution in [-0.2, 0) is 9.59 Å². The van der Waals surface area contributed by atoms with Crippen LogP contribution in [0.2, 0.25) is 0 Å². The molecule has 3 rings (SSSR count). The SMILES string of the molecule is C#CCCC(=O)NCCCOc1ccc2nccc(C(=O)NCC(=O)N3CCCC3C#N)c2c1. The van der Waals surface area contributed by atoms with E-state index in [9.17, 15) is 14.4 Å². The van der Waals surface area contributed by atoms with E-state index in [0.29, 0.717) is 67.6 Å². The van der Waals surface area contributed by atoms with Gasteiger partial charge < -0.3 is 20.3 Å². The minimum atomic E-state index is -0.429. The smallest absolute Gasteiger partial charge is 0.252 e. The average Bonchev–Trinajstić information content (AvgIpc) is 3.34. The zero-order chi connectivity index (χ0) is 24.3. The first-order chi connectivity index (χ1) is 16.5. The third-order valence-corrected chi connectivity index (χ3v) is 5.49. The van der Waals surface area contributed by atoms with Gasteiger partial charge in [-0.2, -0.15) is 5.26 Å². The molecule has 34 heavy (non-hydrogen) atoms. The monoisotopic (exact) mass is 461 g/mol. The van der Waals surface area contributed by atoms with Crippen LogP contribution < -0.4 is 15.4 Å². The Morgan fingerprint density at radius 2 is 2.12 bits per heavy atom. The number of pyridine rings is 1. The quantitative estimate of drug-likeness (QED) is 0.411. The molecule has 2 heterocycles. The van der Waals surface area contributed by atoms with E-state index in [0.717, 1.165) is 6.42 Å². The second-order valence-corrected chi connectivity index (χ2v) is 7.85. The van der Waals surface area contributed by atoms with E-state index in [4.69, 9.17) is 16.4 Å². The second-order valence-electron chi connectivity index (χ2n) is 7.85. The lowest BCUT2D eigenvalue weighted by molar-refractivity contribution is -0.130. The average molecular weight is 462 g/mol. The number of nitriles is 1. The van der Waals surface area contributed by atoms with Crippen LogP contribution in [0, 0.1) is 23.7 Å². The Morgan fingerprint density at radius 3 is 2.91 bits per heavy atom. The van der Waals surface area contributed by atoms with Crippen molar-refractivity contribution in [3.05, 3.63) is 36.0 Å². The zero-order valence-corrected chi connectivity index (χ0v) is 18.9. The highest BCUT2D eigenvalue weighted by atomic mass is 16.5. The first-order valence-electron chi connectivity index (χ1n) is 11.2. The maximum Gasteiger partial charge on any atom is 0.252 e. The molecule has 3 amide bonds. The van der Waals surface area contributed by atoms with Crippen LogP contribution in [0.25, 0.3) is 10.9 Å². The summed E-state index contributed by atoms with van der Waals surface area (Å²) in [5.41, 5.74) is 0.999. The third kappa shape index (κ3) is 6.46. The van der Waals surface area contributed by atoms with Gasteiger partial charge in [-0.25, -0.2) is 0 Å². The lowest BCUT2D eigenvalue weighted by atomic mass is 10.1. The topological polar surface area (TPSA) is 124 Å². The van der Waals surface area contributed by atoms with E-state index in [1.54, 1.807) is 24.3 Å². The van der Waals surface area contributed by atoms with E-state index in [1.165, 1.54) is 11.1 Å². The van der Waals surface area contributed by atoms with Gasteiger partial charge in [-0.3, -0.25) is 19.4 Å². The van der Waals surface area contributed by atoms with Crippen LogP contribution in [0.4, 0.5) is 0 Å². The Labute approximate surface area is 198 Å². The molecule has 176 valence electrons. The van der Waals surface area contributed by atoms with Crippen molar-refractivity contribution in [2.75, 3.05) is 26.2 Å². The summed E-state index contributed by atoms with van der Waals surface area (Å²) in [6.45, 7) is 1.21. The van der Waals surface area contributed by atoms with E-state index in [-0.39, 0.29) is 18.4 Å². The van der Waals surface area contributed by atoms with Gasteiger partial charge in [0.15, 0.2) is 0 Å². The number of amides is 3. The van der Waals surface area contributed by atoms with Gasteiger partial charge in [0.1, 0.15) is 11.8 Å². The third-order valence-electron chi connectivity index (χ3n) is 5.49. The minimum absolute atomic E-state index is 0.0864. The standard InChI is InChI=1S/C25H27N5O4/c1-2-3-7-23(31)28-11-5-14-34-19-8-9-22-21(15-19)20(10-12-27-22)25(33)29-17-24(32)30-13-4-6-18(30)16-26/h1,8-10,12,15,18H,3-7,11,13-14,17H2,(H,28,31)(H,29,33). The molecule has 1 aromatic heterocycles. The molecular weight excluding hydrogens is 434 g/mol. The number of nitrogens with zero attached hydrogens (tertiary/aromatic N) is 3. The maximum atomic E-state index is 12.8. The number of hydrogen-bond donors (Lipinski definition) is 2. The van der Waals surface area contributed by atoms with Crippen LogP contribution in [0.5, 0.6) is 5.75 Å². The van der Waals surface area contributed by atoms with Gasteiger partial charge >= 0.3 is 0 Å². The van der Waals surface area contributed by atoms with Crippen molar-refractivity contribution in [1.29, 1.82) is 5.26 Å². The molecule has 1 saturated heterocycles. The van der Waals surface area contributed by atoms with Crippen LogP contribution in [0.15, 0.2) is 30.5 Å². The molecule has 1 atom stereocenters. The fourth-order valence-corrected chi connectivity index (χ4v) is 3.73. The van der Waals surface area contributed by atoms with Gasteiger partial charge in [-0.1, -0.05) is 0 Å². The van der Waals surface area contributed by atoms with Crippen molar-refractivity contribution < 1.29 is 19.1 Å². The summed E-state index contributed by atoms with van der Waals surface area (Å²) in [6.07, 6.45) is 9.46. The largest absolute Gasteiger partial charge is 0.494 e. The van der Waals surface area contributed by atoms with Crippen molar-refractivity contribution in [2.24, 2.45) is 0 Å². The molecule has 0 spiro atoms. The number of fused-ring (bicyclic) bond motifs is 1. The van der Waals surface area contributed by atoms with E-state index in [1.807, 2.05) is 0 Å². The van der Waals surface area contributed by atoms with Gasteiger partial charge in [0.25, 0.3) is 5.91 Å². The molecule has 0 bridgehead atoms. The molecule has 0 aliphatic carbocycles. The Kier molecular flexibility index (Phi) is 8.81. The predicted octanol–water partition coefficient (Wildman–Crippen LogP) is 1.78. The van der Waals surface area contributed by atoms with Gasteiger partial charge in [-0.15, -0.1) is 12.3 Å². The summed E-state index contributed by atoms with van der Waals surface area (Å²) in [4.78, 5) is 42.6. The minimum Gasteiger partial charge on any atom is -0.494 e. The van der Waals surface area contributed by atoms with Crippen molar-refractivity contribution in [1.82, 2.24) is 20.5 Å². The first kappa shape index (κ1) is 24.5. The number of carbonyl (C=O) groups excluding carboxylic acids is 3. The molecule has 9 heteroatoms. The summed E-state index contributed by atoms with van der Waals surface area (Å²) in [7, 11) is 0. The zero-order valence-electron chi connectivity index (χ0n) is 18.9. The van der Waals surface area contributed by atoms with E-state index >= 15 is 0 Å². The maximum absolute atomic E-state index is 12.8. The van der Waals surface area contributed by atoms with Crippen molar-refractivity contribution in [3.8, 4) is 24.2 Å². The number of terminal acetylenes is 1. The molecule has 1 fully saturated rings. The van der Waals surface area contributed by atoms with E-state index < -0.39 is 11.9 Å². The summed E-state index contributed by atoms with van der Waals surface area (Å²) >= 11 is 0. The lowest BCUT2D eigenvalue weighted by Gasteiger charge is -2.19. The van der Waals surface area contributed by atoms with Gasteiger partial charge in [-0.05, 0) is 43.5 Å². The van der Waals surface area contributed by atoms with Crippen LogP contribution in [0.1, 0.15) is 42.5 Å². The van der Waals surface area contributed by atoms with Crippen LogP contribution >= 0.6 is 0 Å². The Morgan fingerprint density at radius 1 is 1.26 bits per heavy atom. The number of ether oxygens (including phenoxy) is 1. The highest BCUT2D eigenvalue weighted by Crippen LogP contribution is 2.23. The number of nitrogens with one attached hydrogen (secondary N) is 2. The van der Waals surface area contributed by atoms with Gasteiger partial charge in [0, 0.05) is 37.5 Å². The Bertz CT molecular complexity index is 1130. The lowest BCUT2D eigenvalue weighted by Crippen LogP contribution is -2.42. The number of carbonyl (C=O) groups is 3. The number of aromatic nitrogens is 1. The molecule has 2 aromatic rings. The Hall–Kier alpha value is -4.11. The molecule has 1 aromatic carbocycles. The van der Waals surface area contributed by atoms with E-state index in [2.05, 4.69) is 27.6 Å². The summed E-state index contributed by atoms with van der Waals surface area (Å²) in [6, 6.07) is 8.54. The Balaban J connectivity index is 1.56. The molecule has 1 aliphatic rings. The molecule has 0 saturated carbocycles. The molecule has 1 aliphatic heterocycles. The van der Waals surface area contributed by atoms with Gasteiger partial charge in [0.2, 0.25) is 11.8 Å². The number of likely N-dealkylation sites (tertiary alicyclic amines) is 1. The normalized spacial score (nSPS) is 14.8. The second kappa shape index (κ2) is 12.2. The number of benzene rings is 1. The molecular formula is C25H27N5O4. The summed E-state index contributed by atoms with van der Waals surface area (Å²) in [5.74, 6) is 2.24. The molecule has 1 unspecified atom stereocenters. The summed E-state index contributed by atoms with van der Waals surface area (Å²) < 4.78 is 5.77. The van der Waals surface area contributed by atoms with Crippen LogP contribution in [-0.4, -0.2) is 59.9 Å². The predicted molar refractivity (Wildman–Crippen MR) is 126 cm³/mol. The van der Waals surface area contributed by atoms with Crippen molar-refractivity contribution >= 4 is 28.6 Å². The van der Waals surface area contributed by atoms with Crippen molar-refractivity contribution in [2.45, 2.75) is 38.1 Å². The molecule has 9 nitrogen and oxygen atoms in total. The highest BCUT2D eigenvalue weighted by molar-refractivity contribution is 6.07.